The van der Waals surface area contributed by atoms with Crippen LogP contribution in [0.5, 0.6) is 0 Å². The standard InChI is InChI=1S/C27H22FN11O2/c1-2-18(26(40)38-17-10-6-9-16(28)19(17)27(41)37-15-7-4-3-5-8-15)39(24-20-22(31-11-29-20)33-13-35-24)25-21-23(32-12-30-21)34-14-36-25/h3-14,18H,2H2,1H3,(H,37,41)(H,38,40)(H,29,31,33,35)(H,30,32,34,36)/t18-/m0/s1. The zero-order chi connectivity index (χ0) is 28.3. The molecule has 0 aliphatic carbocycles. The Labute approximate surface area is 231 Å². The maximum Gasteiger partial charge on any atom is 0.260 e. The molecule has 0 saturated heterocycles. The third-order valence-electron chi connectivity index (χ3n) is 6.39. The van der Waals surface area contributed by atoms with Gasteiger partial charge in [0.05, 0.1) is 23.9 Å². The van der Waals surface area contributed by atoms with Crippen molar-refractivity contribution in [3.05, 3.63) is 85.2 Å². The summed E-state index contributed by atoms with van der Waals surface area (Å²) in [6, 6.07) is 11.7. The first-order chi connectivity index (χ1) is 20.0. The molecule has 0 saturated carbocycles. The van der Waals surface area contributed by atoms with E-state index in [-0.39, 0.29) is 17.7 Å². The summed E-state index contributed by atoms with van der Waals surface area (Å²) in [4.78, 5) is 60.5. The van der Waals surface area contributed by atoms with E-state index in [0.717, 1.165) is 6.07 Å². The second-order valence-electron chi connectivity index (χ2n) is 8.86. The van der Waals surface area contributed by atoms with E-state index in [1.807, 2.05) is 6.92 Å². The number of carbonyl (C=O) groups excluding carboxylic acids is 2. The molecule has 4 heterocycles. The number of para-hydroxylation sites is 1. The van der Waals surface area contributed by atoms with Gasteiger partial charge in [-0.1, -0.05) is 31.2 Å². The van der Waals surface area contributed by atoms with Gasteiger partial charge in [0.2, 0.25) is 5.91 Å². The van der Waals surface area contributed by atoms with Crippen molar-refractivity contribution in [2.24, 2.45) is 0 Å². The molecule has 0 spiro atoms. The number of anilines is 4. The molecule has 0 radical (unpaired) electrons. The number of rotatable bonds is 8. The molecule has 0 unspecified atom stereocenters. The highest BCUT2D eigenvalue weighted by molar-refractivity contribution is 6.11. The Hall–Kier alpha value is -5.79. The Morgan fingerprint density at radius 1 is 0.829 bits per heavy atom. The maximum atomic E-state index is 15.0. The van der Waals surface area contributed by atoms with Crippen LogP contribution >= 0.6 is 0 Å². The second-order valence-corrected chi connectivity index (χ2v) is 8.86. The molecule has 6 aromatic rings. The second kappa shape index (κ2) is 10.8. The van der Waals surface area contributed by atoms with Gasteiger partial charge in [0.25, 0.3) is 5.91 Å². The fraction of sp³-hybridized carbons (Fsp3) is 0.111. The molecule has 0 fully saturated rings. The lowest BCUT2D eigenvalue weighted by Gasteiger charge is -2.30. The minimum atomic E-state index is -0.939. The first kappa shape index (κ1) is 25.5. The number of hydrogen-bond acceptors (Lipinski definition) is 9. The zero-order valence-electron chi connectivity index (χ0n) is 21.5. The van der Waals surface area contributed by atoms with Gasteiger partial charge in [0.15, 0.2) is 22.9 Å². The highest BCUT2D eigenvalue weighted by Crippen LogP contribution is 2.33. The third-order valence-corrected chi connectivity index (χ3v) is 6.39. The number of H-pyrrole nitrogens is 2. The fourth-order valence-corrected chi connectivity index (χ4v) is 4.54. The highest BCUT2D eigenvalue weighted by Gasteiger charge is 2.33. The molecule has 41 heavy (non-hydrogen) atoms. The molecule has 2 aromatic carbocycles. The Balaban J connectivity index is 1.41. The lowest BCUT2D eigenvalue weighted by molar-refractivity contribution is -0.117. The van der Waals surface area contributed by atoms with Gasteiger partial charge in [-0.05, 0) is 30.7 Å². The van der Waals surface area contributed by atoms with Gasteiger partial charge in [-0.25, -0.2) is 34.3 Å². The van der Waals surface area contributed by atoms with Crippen molar-refractivity contribution in [2.45, 2.75) is 19.4 Å². The average molecular weight is 552 g/mol. The topological polar surface area (TPSA) is 170 Å². The van der Waals surface area contributed by atoms with E-state index in [9.17, 15) is 9.59 Å². The number of nitrogens with one attached hydrogen (secondary N) is 4. The quantitative estimate of drug-likeness (QED) is 0.219. The monoisotopic (exact) mass is 551 g/mol. The molecule has 0 bridgehead atoms. The number of aromatic amines is 2. The molecule has 13 nitrogen and oxygen atoms in total. The number of hydrogen-bond donors (Lipinski definition) is 4. The minimum Gasteiger partial charge on any atom is -0.340 e. The number of fused-ring (bicyclic) bond motifs is 2. The van der Waals surface area contributed by atoms with E-state index in [4.69, 9.17) is 0 Å². The normalized spacial score (nSPS) is 11.9. The largest absolute Gasteiger partial charge is 0.340 e. The van der Waals surface area contributed by atoms with Gasteiger partial charge >= 0.3 is 0 Å². The van der Waals surface area contributed by atoms with Crippen molar-refractivity contribution in [1.29, 1.82) is 0 Å². The molecule has 1 atom stereocenters. The predicted molar refractivity (Wildman–Crippen MR) is 149 cm³/mol. The van der Waals surface area contributed by atoms with Crippen LogP contribution in [0.2, 0.25) is 0 Å². The van der Waals surface area contributed by atoms with Crippen molar-refractivity contribution in [3.63, 3.8) is 0 Å². The van der Waals surface area contributed by atoms with Crippen LogP contribution in [0.3, 0.4) is 0 Å². The number of nitrogens with zero attached hydrogens (tertiary/aromatic N) is 7. The maximum absolute atomic E-state index is 15.0. The summed E-state index contributed by atoms with van der Waals surface area (Å²) in [5.74, 6) is -1.38. The van der Waals surface area contributed by atoms with Gasteiger partial charge in [-0.2, -0.15) is 0 Å². The van der Waals surface area contributed by atoms with Crippen LogP contribution in [0, 0.1) is 5.82 Å². The Morgan fingerprint density at radius 3 is 2.07 bits per heavy atom. The smallest absolute Gasteiger partial charge is 0.260 e. The SMILES string of the molecule is CC[C@@H](C(=O)Nc1cccc(F)c1C(=O)Nc1ccccc1)N(c1ncnc2nc[nH]c12)c1ncnc2nc[nH]c12. The van der Waals surface area contributed by atoms with Crippen LogP contribution in [0.1, 0.15) is 23.7 Å². The summed E-state index contributed by atoms with van der Waals surface area (Å²) in [5, 5.41) is 5.42. The van der Waals surface area contributed by atoms with Crippen LogP contribution in [-0.4, -0.2) is 57.7 Å². The van der Waals surface area contributed by atoms with Crippen LogP contribution in [0.4, 0.5) is 27.4 Å². The molecule has 4 N–H and O–H groups in total. The number of benzene rings is 2. The van der Waals surface area contributed by atoms with E-state index in [1.54, 1.807) is 35.2 Å². The minimum absolute atomic E-state index is 0.00517. The summed E-state index contributed by atoms with van der Waals surface area (Å²) < 4.78 is 15.0. The van der Waals surface area contributed by atoms with Crippen molar-refractivity contribution in [1.82, 2.24) is 39.9 Å². The highest BCUT2D eigenvalue weighted by atomic mass is 19.1. The van der Waals surface area contributed by atoms with Gasteiger partial charge in [0, 0.05) is 5.69 Å². The summed E-state index contributed by atoms with van der Waals surface area (Å²) in [5.41, 5.74) is 1.89. The molecule has 0 aliphatic rings. The summed E-state index contributed by atoms with van der Waals surface area (Å²) in [7, 11) is 0. The van der Waals surface area contributed by atoms with Crippen LogP contribution < -0.4 is 15.5 Å². The number of amides is 2. The Kier molecular flexibility index (Phi) is 6.69. The van der Waals surface area contributed by atoms with Crippen molar-refractivity contribution >= 4 is 57.2 Å². The first-order valence-corrected chi connectivity index (χ1v) is 12.6. The fourth-order valence-electron chi connectivity index (χ4n) is 4.54. The van der Waals surface area contributed by atoms with Gasteiger partial charge in [-0.3, -0.25) is 14.5 Å². The summed E-state index contributed by atoms with van der Waals surface area (Å²) >= 11 is 0. The van der Waals surface area contributed by atoms with E-state index in [0.29, 0.717) is 39.7 Å². The zero-order valence-corrected chi connectivity index (χ0v) is 21.5. The number of aromatic nitrogens is 8. The molecular weight excluding hydrogens is 529 g/mol. The summed E-state index contributed by atoms with van der Waals surface area (Å²) in [6.45, 7) is 1.81. The number of halogens is 1. The van der Waals surface area contributed by atoms with E-state index in [1.165, 1.54) is 37.4 Å². The average Bonchev–Trinajstić information content (AvgIpc) is 3.66. The van der Waals surface area contributed by atoms with Crippen molar-refractivity contribution in [3.8, 4) is 0 Å². The van der Waals surface area contributed by atoms with Gasteiger partial charge in [0.1, 0.15) is 35.5 Å². The van der Waals surface area contributed by atoms with Gasteiger partial charge < -0.3 is 20.6 Å². The van der Waals surface area contributed by atoms with E-state index < -0.39 is 23.7 Å². The molecule has 2 amide bonds. The molecule has 0 aliphatic heterocycles. The number of imidazole rings is 2. The lowest BCUT2D eigenvalue weighted by Crippen LogP contribution is -2.42. The van der Waals surface area contributed by atoms with Crippen molar-refractivity contribution < 1.29 is 14.0 Å². The van der Waals surface area contributed by atoms with E-state index >= 15 is 4.39 Å². The summed E-state index contributed by atoms with van der Waals surface area (Å²) in [6.07, 6.45) is 5.88. The third kappa shape index (κ3) is 4.78. The molecule has 6 rings (SSSR count). The number of carbonyl (C=O) groups is 2. The van der Waals surface area contributed by atoms with Crippen LogP contribution in [0.25, 0.3) is 22.3 Å². The lowest BCUT2D eigenvalue weighted by atomic mass is 10.1. The first-order valence-electron chi connectivity index (χ1n) is 12.6. The van der Waals surface area contributed by atoms with Crippen LogP contribution in [0.15, 0.2) is 73.8 Å². The molecule has 4 aromatic heterocycles. The van der Waals surface area contributed by atoms with Crippen LogP contribution in [-0.2, 0) is 4.79 Å². The van der Waals surface area contributed by atoms with E-state index in [2.05, 4.69) is 50.5 Å². The Bertz CT molecular complexity index is 1800. The predicted octanol–water partition coefficient (Wildman–Crippen LogP) is 3.97. The Morgan fingerprint density at radius 2 is 1.46 bits per heavy atom. The molecular formula is C27H22FN11O2. The van der Waals surface area contributed by atoms with Gasteiger partial charge in [-0.15, -0.1) is 0 Å². The molecule has 204 valence electrons. The van der Waals surface area contributed by atoms with Crippen molar-refractivity contribution in [2.75, 3.05) is 15.5 Å². The molecule has 14 heteroatoms.